The summed E-state index contributed by atoms with van der Waals surface area (Å²) in [5.74, 6) is -1.10. The van der Waals surface area contributed by atoms with Crippen molar-refractivity contribution in [1.82, 2.24) is 4.90 Å². The maximum atomic E-state index is 14.2. The zero-order valence-corrected chi connectivity index (χ0v) is 18.7. The Morgan fingerprint density at radius 1 is 1.12 bits per heavy atom. The number of aliphatic hydroxyl groups is 1. The van der Waals surface area contributed by atoms with Gasteiger partial charge in [-0.2, -0.15) is 0 Å². The van der Waals surface area contributed by atoms with Crippen LogP contribution in [0.5, 0.6) is 0 Å². The van der Waals surface area contributed by atoms with Gasteiger partial charge in [0.15, 0.2) is 5.70 Å². The van der Waals surface area contributed by atoms with Crippen LogP contribution in [-0.2, 0) is 23.4 Å². The van der Waals surface area contributed by atoms with E-state index in [1.54, 1.807) is 48.5 Å². The average Bonchev–Trinajstić information content (AvgIpc) is 3.21. The molecule has 3 rings (SSSR count). The molecule has 1 N–H and O–H groups in total. The third kappa shape index (κ3) is 5.18. The molecule has 0 bridgehead atoms. The number of hydrogen-bond acceptors (Lipinski definition) is 6. The molecular weight excluding hydrogens is 429 g/mol. The van der Waals surface area contributed by atoms with E-state index in [9.17, 15) is 19.3 Å². The molecule has 0 radical (unpaired) electrons. The van der Waals surface area contributed by atoms with Gasteiger partial charge in [0.1, 0.15) is 12.4 Å². The van der Waals surface area contributed by atoms with E-state index < -0.39 is 25.3 Å². The second kappa shape index (κ2) is 10.4. The summed E-state index contributed by atoms with van der Waals surface area (Å²) < 4.78 is 25.5. The highest BCUT2D eigenvalue weighted by Crippen LogP contribution is 2.49. The Bertz CT molecular complexity index is 1010. The highest BCUT2D eigenvalue weighted by Gasteiger charge is 2.39. The lowest BCUT2D eigenvalue weighted by atomic mass is 10.2. The summed E-state index contributed by atoms with van der Waals surface area (Å²) in [4.78, 5) is 26.7. The van der Waals surface area contributed by atoms with Crippen LogP contribution in [0.2, 0.25) is 0 Å². The van der Waals surface area contributed by atoms with Crippen LogP contribution in [0.3, 0.4) is 0 Å². The van der Waals surface area contributed by atoms with Crippen molar-refractivity contribution >= 4 is 29.9 Å². The topological polar surface area (TPSA) is 93.1 Å². The number of nitrogens with zero attached hydrogens (tertiary/aromatic N) is 1. The number of hydrogen-bond donors (Lipinski definition) is 1. The molecule has 0 fully saturated rings. The van der Waals surface area contributed by atoms with Gasteiger partial charge in [0, 0.05) is 13.0 Å². The molecule has 7 nitrogen and oxygen atoms in total. The van der Waals surface area contributed by atoms with Crippen molar-refractivity contribution < 1.29 is 28.5 Å². The van der Waals surface area contributed by atoms with Gasteiger partial charge in [0.25, 0.3) is 0 Å². The zero-order valence-electron chi connectivity index (χ0n) is 17.8. The van der Waals surface area contributed by atoms with Gasteiger partial charge in [-0.3, -0.25) is 9.36 Å². The number of rotatable bonds is 9. The molecular formula is C24H26NO6P. The van der Waals surface area contributed by atoms with E-state index in [4.69, 9.17) is 9.26 Å². The molecule has 168 valence electrons. The van der Waals surface area contributed by atoms with E-state index in [0.717, 1.165) is 0 Å². The monoisotopic (exact) mass is 455 g/mol. The predicted molar refractivity (Wildman–Crippen MR) is 122 cm³/mol. The van der Waals surface area contributed by atoms with Gasteiger partial charge in [0.05, 0.1) is 23.1 Å². The molecule has 0 aliphatic carbocycles. The first-order chi connectivity index (χ1) is 15.4. The molecule has 32 heavy (non-hydrogen) atoms. The predicted octanol–water partition coefficient (Wildman–Crippen LogP) is 2.88. The first-order valence-corrected chi connectivity index (χ1v) is 11.9. The van der Waals surface area contributed by atoms with Gasteiger partial charge in [-0.05, 0) is 31.2 Å². The van der Waals surface area contributed by atoms with Crippen LogP contribution >= 0.6 is 7.37 Å². The van der Waals surface area contributed by atoms with Crippen molar-refractivity contribution in [2.75, 3.05) is 13.2 Å². The fourth-order valence-electron chi connectivity index (χ4n) is 3.38. The molecule has 1 aliphatic rings. The van der Waals surface area contributed by atoms with Crippen molar-refractivity contribution in [2.45, 2.75) is 25.9 Å². The molecule has 0 saturated carbocycles. The van der Waals surface area contributed by atoms with Crippen molar-refractivity contribution in [1.29, 1.82) is 0 Å². The van der Waals surface area contributed by atoms with E-state index in [-0.39, 0.29) is 37.4 Å². The maximum Gasteiger partial charge on any atom is 0.358 e. The SMILES string of the molecule is C=CCOC(=O)C1=C(OP(=O)(c2ccccc2)c2ccccc2)CCN1C(=O)CC(C)O. The highest BCUT2D eigenvalue weighted by atomic mass is 31.2. The van der Waals surface area contributed by atoms with Gasteiger partial charge in [0.2, 0.25) is 5.91 Å². The normalized spacial score (nSPS) is 14.8. The number of carbonyl (C=O) groups is 2. The van der Waals surface area contributed by atoms with Crippen LogP contribution in [0.15, 0.2) is 84.8 Å². The lowest BCUT2D eigenvalue weighted by Crippen LogP contribution is -2.34. The Kier molecular flexibility index (Phi) is 7.67. The number of aliphatic hydroxyl groups excluding tert-OH is 1. The van der Waals surface area contributed by atoms with Gasteiger partial charge >= 0.3 is 13.3 Å². The largest absolute Gasteiger partial charge is 0.457 e. The molecule has 0 spiro atoms. The maximum absolute atomic E-state index is 14.2. The first kappa shape index (κ1) is 23.5. The molecule has 1 unspecified atom stereocenters. The molecule has 0 aromatic heterocycles. The van der Waals surface area contributed by atoms with E-state index >= 15 is 0 Å². The summed E-state index contributed by atoms with van der Waals surface area (Å²) in [5, 5.41) is 10.6. The molecule has 1 atom stereocenters. The van der Waals surface area contributed by atoms with Gasteiger partial charge < -0.3 is 19.3 Å². The number of esters is 1. The van der Waals surface area contributed by atoms with Crippen LogP contribution in [-0.4, -0.2) is 41.1 Å². The van der Waals surface area contributed by atoms with Crippen LogP contribution in [0.1, 0.15) is 19.8 Å². The van der Waals surface area contributed by atoms with E-state index in [2.05, 4.69) is 6.58 Å². The summed E-state index contributed by atoms with van der Waals surface area (Å²) in [6, 6.07) is 17.5. The third-order valence-electron chi connectivity index (χ3n) is 4.82. The number of amides is 1. The Morgan fingerprint density at radius 2 is 1.69 bits per heavy atom. The minimum Gasteiger partial charge on any atom is -0.457 e. The summed E-state index contributed by atoms with van der Waals surface area (Å²) >= 11 is 0. The van der Waals surface area contributed by atoms with Gasteiger partial charge in [-0.25, -0.2) is 4.79 Å². The molecule has 2 aromatic rings. The van der Waals surface area contributed by atoms with Crippen molar-refractivity contribution in [2.24, 2.45) is 0 Å². The smallest absolute Gasteiger partial charge is 0.358 e. The van der Waals surface area contributed by atoms with Crippen LogP contribution in [0.4, 0.5) is 0 Å². The Balaban J connectivity index is 2.07. The van der Waals surface area contributed by atoms with Crippen LogP contribution < -0.4 is 10.6 Å². The third-order valence-corrected chi connectivity index (χ3v) is 7.26. The van der Waals surface area contributed by atoms with Crippen LogP contribution in [0, 0.1) is 0 Å². The Labute approximate surface area is 187 Å². The molecule has 1 heterocycles. The first-order valence-electron chi connectivity index (χ1n) is 10.3. The summed E-state index contributed by atoms with van der Waals surface area (Å²) in [6.45, 7) is 5.12. The minimum atomic E-state index is -3.63. The second-order valence-electron chi connectivity index (χ2n) is 7.32. The molecule has 1 amide bonds. The lowest BCUT2D eigenvalue weighted by molar-refractivity contribution is -0.143. The Morgan fingerprint density at radius 3 is 2.19 bits per heavy atom. The highest BCUT2D eigenvalue weighted by molar-refractivity contribution is 7.74. The minimum absolute atomic E-state index is 0.0525. The number of benzene rings is 2. The molecule has 0 saturated heterocycles. The van der Waals surface area contributed by atoms with E-state index in [0.29, 0.717) is 10.6 Å². The zero-order chi connectivity index (χ0) is 23.1. The lowest BCUT2D eigenvalue weighted by Gasteiger charge is -2.23. The summed E-state index contributed by atoms with van der Waals surface area (Å²) in [6.07, 6.45) is 0.556. The summed E-state index contributed by atoms with van der Waals surface area (Å²) in [5.41, 5.74) is -0.0930. The van der Waals surface area contributed by atoms with E-state index in [1.807, 2.05) is 12.1 Å². The quantitative estimate of drug-likeness (QED) is 0.355. The number of carbonyl (C=O) groups excluding carboxylic acids is 2. The Hall–Kier alpha value is -3.15. The summed E-state index contributed by atoms with van der Waals surface area (Å²) in [7, 11) is -3.63. The standard InChI is InChI=1S/C24H26NO6P/c1-3-16-30-24(28)23-21(14-15-25(23)22(27)17-18(2)26)31-32(29,19-10-6-4-7-11-19)20-12-8-5-9-13-20/h3-13,18,26H,1,14-17H2,2H3. The van der Waals surface area contributed by atoms with Gasteiger partial charge in [-0.1, -0.05) is 49.1 Å². The average molecular weight is 455 g/mol. The molecule has 2 aromatic carbocycles. The fraction of sp³-hybridized carbons (Fsp3) is 0.250. The van der Waals surface area contributed by atoms with Crippen LogP contribution in [0.25, 0.3) is 0 Å². The molecule has 1 aliphatic heterocycles. The fourth-order valence-corrected chi connectivity index (χ4v) is 5.51. The van der Waals surface area contributed by atoms with E-state index in [1.165, 1.54) is 17.9 Å². The number of ether oxygens (including phenoxy) is 1. The van der Waals surface area contributed by atoms with Crippen molar-refractivity contribution in [3.8, 4) is 0 Å². The van der Waals surface area contributed by atoms with Gasteiger partial charge in [-0.15, -0.1) is 0 Å². The second-order valence-corrected chi connectivity index (χ2v) is 9.64. The molecule has 8 heteroatoms. The van der Waals surface area contributed by atoms with Crippen molar-refractivity contribution in [3.05, 3.63) is 84.8 Å². The van der Waals surface area contributed by atoms with Crippen molar-refractivity contribution in [3.63, 3.8) is 0 Å².